The Balaban J connectivity index is 1.72. The van der Waals surface area contributed by atoms with Crippen LogP contribution >= 0.6 is 11.6 Å². The van der Waals surface area contributed by atoms with E-state index in [0.717, 1.165) is 5.56 Å². The number of carbonyl (C=O) groups excluding carboxylic acids is 1. The van der Waals surface area contributed by atoms with Crippen molar-refractivity contribution < 1.29 is 14.3 Å². The van der Waals surface area contributed by atoms with Crippen molar-refractivity contribution in [2.24, 2.45) is 0 Å². The van der Waals surface area contributed by atoms with Gasteiger partial charge in [-0.15, -0.1) is 0 Å². The normalized spacial score (nSPS) is 11.0. The monoisotopic (exact) mass is 491 g/mol. The van der Waals surface area contributed by atoms with Crippen LogP contribution in [0.5, 0.6) is 11.5 Å². The molecule has 35 heavy (non-hydrogen) atoms. The van der Waals surface area contributed by atoms with Crippen molar-refractivity contribution in [1.82, 2.24) is 14.9 Å². The zero-order valence-corrected chi connectivity index (χ0v) is 20.5. The molecule has 1 heterocycles. The van der Waals surface area contributed by atoms with Crippen LogP contribution in [-0.2, 0) is 13.1 Å². The number of nitrogens with one attached hydrogen (secondary N) is 1. The summed E-state index contributed by atoms with van der Waals surface area (Å²) < 4.78 is 11.2. The minimum Gasteiger partial charge on any atom is -0.493 e. The summed E-state index contributed by atoms with van der Waals surface area (Å²) in [7, 11) is 1.50. The Labute approximate surface area is 208 Å². The van der Waals surface area contributed by atoms with Crippen LogP contribution in [-0.4, -0.2) is 34.0 Å². The lowest BCUT2D eigenvalue weighted by atomic mass is 10.1. The van der Waals surface area contributed by atoms with E-state index >= 15 is 0 Å². The van der Waals surface area contributed by atoms with Gasteiger partial charge >= 0.3 is 0 Å². The molecule has 0 saturated heterocycles. The first kappa shape index (κ1) is 24.3. The third-order valence-electron chi connectivity index (χ3n) is 5.34. The number of hydrogen-bond donors (Lipinski definition) is 1. The fourth-order valence-electron chi connectivity index (χ4n) is 3.77. The number of hydrogen-bond acceptors (Lipinski definition) is 5. The average Bonchev–Trinajstić information content (AvgIpc) is 2.84. The number of nitrogens with zero attached hydrogens (tertiary/aromatic N) is 2. The Hall–Kier alpha value is -3.84. The maximum absolute atomic E-state index is 13.7. The minimum atomic E-state index is -0.291. The molecule has 7 nitrogen and oxygen atoms in total. The molecular formula is C27H26ClN3O4. The van der Waals surface area contributed by atoms with Crippen molar-refractivity contribution >= 4 is 28.4 Å². The summed E-state index contributed by atoms with van der Waals surface area (Å²) in [5.74, 6) is 0.846. The Bertz CT molecular complexity index is 1400. The third kappa shape index (κ3) is 5.63. The molecule has 0 fully saturated rings. The predicted molar refractivity (Wildman–Crippen MR) is 136 cm³/mol. The fourth-order valence-corrected chi connectivity index (χ4v) is 4.03. The smallest absolute Gasteiger partial charge is 0.258 e. The van der Waals surface area contributed by atoms with Gasteiger partial charge in [0.2, 0.25) is 0 Å². The molecule has 0 aliphatic rings. The van der Waals surface area contributed by atoms with Gasteiger partial charge in [-0.05, 0) is 43.7 Å². The number of benzene rings is 3. The van der Waals surface area contributed by atoms with E-state index in [2.05, 4.69) is 9.97 Å². The van der Waals surface area contributed by atoms with E-state index in [9.17, 15) is 9.59 Å². The van der Waals surface area contributed by atoms with Crippen molar-refractivity contribution in [2.75, 3.05) is 7.11 Å². The number of ether oxygens (including phenoxy) is 2. The first-order chi connectivity index (χ1) is 16.9. The van der Waals surface area contributed by atoms with Crippen molar-refractivity contribution in [3.8, 4) is 11.5 Å². The number of fused-ring (bicyclic) bond motifs is 1. The molecule has 1 N–H and O–H groups in total. The molecule has 3 aromatic carbocycles. The van der Waals surface area contributed by atoms with Gasteiger partial charge in [-0.25, -0.2) is 4.98 Å². The molecule has 4 aromatic rings. The van der Waals surface area contributed by atoms with Crippen LogP contribution in [0.4, 0.5) is 0 Å². The molecule has 0 spiro atoms. The number of halogens is 1. The largest absolute Gasteiger partial charge is 0.493 e. The van der Waals surface area contributed by atoms with Gasteiger partial charge in [0.15, 0.2) is 11.5 Å². The molecule has 0 atom stereocenters. The zero-order valence-electron chi connectivity index (χ0n) is 19.7. The zero-order chi connectivity index (χ0) is 24.9. The van der Waals surface area contributed by atoms with Crippen LogP contribution in [0.25, 0.3) is 10.9 Å². The second-order valence-electron chi connectivity index (χ2n) is 8.33. The van der Waals surface area contributed by atoms with E-state index in [4.69, 9.17) is 21.1 Å². The summed E-state index contributed by atoms with van der Waals surface area (Å²) in [6.45, 7) is 4.17. The first-order valence-electron chi connectivity index (χ1n) is 11.2. The molecule has 180 valence electrons. The number of H-pyrrole nitrogens is 1. The Morgan fingerprint density at radius 3 is 2.49 bits per heavy atom. The summed E-state index contributed by atoms with van der Waals surface area (Å²) in [6, 6.07) is 19.9. The van der Waals surface area contributed by atoms with Gasteiger partial charge in [0, 0.05) is 12.1 Å². The number of amides is 1. The predicted octanol–water partition coefficient (Wildman–Crippen LogP) is 5.21. The fraction of sp³-hybridized carbons (Fsp3) is 0.222. The lowest BCUT2D eigenvalue weighted by Crippen LogP contribution is -2.32. The molecule has 1 aromatic heterocycles. The van der Waals surface area contributed by atoms with E-state index in [0.29, 0.717) is 40.3 Å². The number of aromatic nitrogens is 2. The van der Waals surface area contributed by atoms with Crippen molar-refractivity contribution in [2.45, 2.75) is 33.0 Å². The van der Waals surface area contributed by atoms with Crippen molar-refractivity contribution in [3.05, 3.63) is 99.1 Å². The molecule has 1 amide bonds. The number of carbonyl (C=O) groups is 1. The highest BCUT2D eigenvalue weighted by molar-refractivity contribution is 6.32. The van der Waals surface area contributed by atoms with Gasteiger partial charge in [-0.1, -0.05) is 54.1 Å². The van der Waals surface area contributed by atoms with Gasteiger partial charge in [0.05, 0.1) is 35.7 Å². The lowest BCUT2D eigenvalue weighted by molar-refractivity contribution is 0.0725. The van der Waals surface area contributed by atoms with Crippen LogP contribution in [0.2, 0.25) is 5.02 Å². The van der Waals surface area contributed by atoms with Gasteiger partial charge in [-0.3, -0.25) is 9.59 Å². The Morgan fingerprint density at radius 2 is 1.77 bits per heavy atom. The Morgan fingerprint density at radius 1 is 1.06 bits per heavy atom. The molecule has 0 unspecified atom stereocenters. The van der Waals surface area contributed by atoms with Gasteiger partial charge in [0.25, 0.3) is 11.5 Å². The minimum absolute atomic E-state index is 0.0952. The van der Waals surface area contributed by atoms with Crippen LogP contribution in [0.3, 0.4) is 0 Å². The number of para-hydroxylation sites is 1. The van der Waals surface area contributed by atoms with Crippen LogP contribution in [0, 0.1) is 0 Å². The quantitative estimate of drug-likeness (QED) is 0.365. The van der Waals surface area contributed by atoms with Crippen LogP contribution in [0.15, 0.2) is 71.5 Å². The summed E-state index contributed by atoms with van der Waals surface area (Å²) in [4.78, 5) is 35.3. The third-order valence-corrected chi connectivity index (χ3v) is 5.62. The molecule has 8 heteroatoms. The van der Waals surface area contributed by atoms with Crippen LogP contribution in [0.1, 0.15) is 35.6 Å². The van der Waals surface area contributed by atoms with E-state index < -0.39 is 0 Å². The number of rotatable bonds is 8. The molecule has 0 radical (unpaired) electrons. The summed E-state index contributed by atoms with van der Waals surface area (Å²) >= 11 is 6.48. The second kappa shape index (κ2) is 10.6. The maximum atomic E-state index is 13.7. The summed E-state index contributed by atoms with van der Waals surface area (Å²) in [5.41, 5.74) is 1.58. The van der Waals surface area contributed by atoms with Gasteiger partial charge < -0.3 is 19.4 Å². The highest BCUT2D eigenvalue weighted by atomic mass is 35.5. The number of methoxy groups -OCH3 is 1. The van der Waals surface area contributed by atoms with Gasteiger partial charge in [0.1, 0.15) is 5.82 Å². The second-order valence-corrected chi connectivity index (χ2v) is 8.74. The highest BCUT2D eigenvalue weighted by Crippen LogP contribution is 2.37. The van der Waals surface area contributed by atoms with Crippen molar-refractivity contribution in [1.29, 1.82) is 0 Å². The molecule has 0 aliphatic carbocycles. The topological polar surface area (TPSA) is 84.5 Å². The molecule has 0 bridgehead atoms. The molecular weight excluding hydrogens is 466 g/mol. The number of aromatic amines is 1. The molecule has 4 rings (SSSR count). The summed E-state index contributed by atoms with van der Waals surface area (Å²) in [6.07, 6.45) is -0.117. The van der Waals surface area contributed by atoms with E-state index in [-0.39, 0.29) is 29.1 Å². The van der Waals surface area contributed by atoms with Gasteiger partial charge in [-0.2, -0.15) is 0 Å². The van der Waals surface area contributed by atoms with E-state index in [1.165, 1.54) is 7.11 Å². The standard InChI is InChI=1S/C27H26ClN3O4/c1-17(2)35-25-21(28)13-19(14-23(25)34-3)27(33)31(15-18-9-5-4-6-10-18)16-24-29-22-12-8-7-11-20(22)26(32)30-24/h4-14,17H,15-16H2,1-3H3,(H,29,30,32). The lowest BCUT2D eigenvalue weighted by Gasteiger charge is -2.24. The summed E-state index contributed by atoms with van der Waals surface area (Å²) in [5, 5.41) is 0.771. The van der Waals surface area contributed by atoms with E-state index in [1.54, 1.807) is 35.2 Å². The van der Waals surface area contributed by atoms with Crippen LogP contribution < -0.4 is 15.0 Å². The van der Waals surface area contributed by atoms with E-state index in [1.807, 2.05) is 50.2 Å². The van der Waals surface area contributed by atoms with Crippen molar-refractivity contribution in [3.63, 3.8) is 0 Å². The molecule has 0 saturated carbocycles. The SMILES string of the molecule is COc1cc(C(=O)N(Cc2ccccc2)Cc2nc3ccccc3c(=O)[nH]2)cc(Cl)c1OC(C)C. The highest BCUT2D eigenvalue weighted by Gasteiger charge is 2.22. The first-order valence-corrected chi connectivity index (χ1v) is 11.6. The Kier molecular flexibility index (Phi) is 7.36. The molecule has 0 aliphatic heterocycles. The average molecular weight is 492 g/mol. The maximum Gasteiger partial charge on any atom is 0.258 e.